The van der Waals surface area contributed by atoms with Gasteiger partial charge in [0.2, 0.25) is 0 Å². The summed E-state index contributed by atoms with van der Waals surface area (Å²) >= 11 is 0. The second-order valence-corrected chi connectivity index (χ2v) is 5.84. The third kappa shape index (κ3) is 3.84. The average molecular weight is 247 g/mol. The SMILES string of the molecule is CC(C)(C)COC1CN=Cc2ccccc2OC1. The summed E-state index contributed by atoms with van der Waals surface area (Å²) in [5.41, 5.74) is 1.20. The first kappa shape index (κ1) is 13.1. The van der Waals surface area contributed by atoms with Gasteiger partial charge in [-0.2, -0.15) is 0 Å². The molecular weight excluding hydrogens is 226 g/mol. The Kier molecular flexibility index (Phi) is 4.02. The fourth-order valence-electron chi connectivity index (χ4n) is 1.69. The number of fused-ring (bicyclic) bond motifs is 1. The van der Waals surface area contributed by atoms with Gasteiger partial charge in [0.1, 0.15) is 18.5 Å². The minimum absolute atomic E-state index is 0.0360. The third-order valence-electron chi connectivity index (χ3n) is 2.64. The number of nitrogens with zero attached hydrogens (tertiary/aromatic N) is 1. The number of hydrogen-bond donors (Lipinski definition) is 0. The van der Waals surface area contributed by atoms with Crippen LogP contribution in [0.2, 0.25) is 0 Å². The molecule has 0 radical (unpaired) electrons. The number of hydrogen-bond acceptors (Lipinski definition) is 3. The van der Waals surface area contributed by atoms with Crippen LogP contribution in [0.15, 0.2) is 29.3 Å². The molecule has 0 saturated heterocycles. The summed E-state index contributed by atoms with van der Waals surface area (Å²) in [7, 11) is 0. The Balaban J connectivity index is 1.97. The molecule has 1 atom stereocenters. The highest BCUT2D eigenvalue weighted by molar-refractivity contribution is 5.83. The monoisotopic (exact) mass is 247 g/mol. The van der Waals surface area contributed by atoms with Crippen molar-refractivity contribution >= 4 is 6.21 Å². The molecule has 0 aliphatic carbocycles. The molecule has 0 aromatic heterocycles. The Morgan fingerprint density at radius 3 is 2.89 bits per heavy atom. The van der Waals surface area contributed by atoms with Crippen molar-refractivity contribution in [1.29, 1.82) is 0 Å². The van der Waals surface area contributed by atoms with Gasteiger partial charge < -0.3 is 9.47 Å². The summed E-state index contributed by atoms with van der Waals surface area (Å²) < 4.78 is 11.6. The van der Waals surface area contributed by atoms with E-state index in [4.69, 9.17) is 9.47 Å². The fraction of sp³-hybridized carbons (Fsp3) is 0.533. The number of aliphatic imine (C=N–C) groups is 1. The molecule has 0 bridgehead atoms. The standard InChI is InChI=1S/C15H21NO2/c1-15(2,3)11-18-13-9-16-8-12-6-4-5-7-14(12)17-10-13/h4-8,13H,9-11H2,1-3H3. The van der Waals surface area contributed by atoms with Crippen molar-refractivity contribution in [1.82, 2.24) is 0 Å². The lowest BCUT2D eigenvalue weighted by Crippen LogP contribution is -2.30. The van der Waals surface area contributed by atoms with Gasteiger partial charge in [0.05, 0.1) is 13.2 Å². The molecule has 2 rings (SSSR count). The van der Waals surface area contributed by atoms with Gasteiger partial charge in [0.15, 0.2) is 0 Å². The van der Waals surface area contributed by atoms with E-state index >= 15 is 0 Å². The van der Waals surface area contributed by atoms with Crippen LogP contribution in [0.4, 0.5) is 0 Å². The Bertz CT molecular complexity index is 421. The maximum Gasteiger partial charge on any atom is 0.128 e. The van der Waals surface area contributed by atoms with Crippen LogP contribution in [0.25, 0.3) is 0 Å². The van der Waals surface area contributed by atoms with Gasteiger partial charge in [-0.05, 0) is 17.5 Å². The zero-order valence-corrected chi connectivity index (χ0v) is 11.3. The van der Waals surface area contributed by atoms with E-state index in [1.165, 1.54) is 0 Å². The number of ether oxygens (including phenoxy) is 2. The molecule has 1 aliphatic heterocycles. The highest BCUT2D eigenvalue weighted by atomic mass is 16.5. The van der Waals surface area contributed by atoms with E-state index in [0.717, 1.165) is 17.9 Å². The van der Waals surface area contributed by atoms with E-state index in [0.29, 0.717) is 13.2 Å². The number of para-hydroxylation sites is 1. The average Bonchev–Trinajstić information content (AvgIpc) is 2.28. The molecule has 1 unspecified atom stereocenters. The maximum absolute atomic E-state index is 5.86. The van der Waals surface area contributed by atoms with Crippen LogP contribution in [-0.4, -0.2) is 32.1 Å². The number of benzene rings is 1. The molecule has 18 heavy (non-hydrogen) atoms. The van der Waals surface area contributed by atoms with Crippen molar-refractivity contribution in [3.05, 3.63) is 29.8 Å². The number of rotatable bonds is 2. The van der Waals surface area contributed by atoms with Crippen molar-refractivity contribution in [2.45, 2.75) is 26.9 Å². The lowest BCUT2D eigenvalue weighted by Gasteiger charge is -2.24. The minimum atomic E-state index is 0.0360. The summed E-state index contributed by atoms with van der Waals surface area (Å²) in [5.74, 6) is 0.880. The van der Waals surface area contributed by atoms with Gasteiger partial charge >= 0.3 is 0 Å². The molecule has 1 aromatic rings. The Labute approximate surface area is 109 Å². The van der Waals surface area contributed by atoms with Crippen LogP contribution >= 0.6 is 0 Å². The second-order valence-electron chi connectivity index (χ2n) is 5.84. The van der Waals surface area contributed by atoms with Gasteiger partial charge in [0, 0.05) is 11.8 Å². The Morgan fingerprint density at radius 1 is 1.33 bits per heavy atom. The lowest BCUT2D eigenvalue weighted by atomic mass is 9.98. The van der Waals surface area contributed by atoms with Crippen LogP contribution in [0, 0.1) is 5.41 Å². The smallest absolute Gasteiger partial charge is 0.128 e. The van der Waals surface area contributed by atoms with Crippen LogP contribution in [0.1, 0.15) is 26.3 Å². The topological polar surface area (TPSA) is 30.8 Å². The van der Waals surface area contributed by atoms with E-state index in [-0.39, 0.29) is 11.5 Å². The summed E-state index contributed by atoms with van der Waals surface area (Å²) in [6, 6.07) is 7.94. The van der Waals surface area contributed by atoms with Crippen LogP contribution in [-0.2, 0) is 4.74 Å². The highest BCUT2D eigenvalue weighted by Crippen LogP contribution is 2.19. The summed E-state index contributed by atoms with van der Waals surface area (Å²) in [6.07, 6.45) is 1.90. The Hall–Kier alpha value is -1.35. The van der Waals surface area contributed by atoms with E-state index in [9.17, 15) is 0 Å². The summed E-state index contributed by atoms with van der Waals surface area (Å²) in [5, 5.41) is 0. The molecule has 1 heterocycles. The van der Waals surface area contributed by atoms with Crippen molar-refractivity contribution < 1.29 is 9.47 Å². The van der Waals surface area contributed by atoms with Gasteiger partial charge in [-0.1, -0.05) is 32.9 Å². The van der Waals surface area contributed by atoms with E-state index in [1.807, 2.05) is 30.5 Å². The van der Waals surface area contributed by atoms with Gasteiger partial charge in [-0.25, -0.2) is 0 Å². The molecule has 0 amide bonds. The molecule has 0 saturated carbocycles. The summed E-state index contributed by atoms with van der Waals surface area (Å²) in [4.78, 5) is 4.42. The summed E-state index contributed by atoms with van der Waals surface area (Å²) in [6.45, 7) is 8.42. The molecule has 1 aromatic carbocycles. The van der Waals surface area contributed by atoms with Crippen molar-refractivity contribution in [2.75, 3.05) is 19.8 Å². The molecule has 3 nitrogen and oxygen atoms in total. The predicted molar refractivity (Wildman–Crippen MR) is 73.6 cm³/mol. The first-order valence-corrected chi connectivity index (χ1v) is 6.38. The molecule has 0 N–H and O–H groups in total. The minimum Gasteiger partial charge on any atom is -0.490 e. The van der Waals surface area contributed by atoms with E-state index in [2.05, 4.69) is 25.8 Å². The molecular formula is C15H21NO2. The lowest BCUT2D eigenvalue weighted by molar-refractivity contribution is -0.00962. The fourth-order valence-corrected chi connectivity index (χ4v) is 1.69. The zero-order valence-electron chi connectivity index (χ0n) is 11.3. The first-order chi connectivity index (χ1) is 8.54. The van der Waals surface area contributed by atoms with Crippen LogP contribution in [0.5, 0.6) is 5.75 Å². The molecule has 98 valence electrons. The van der Waals surface area contributed by atoms with E-state index < -0.39 is 0 Å². The van der Waals surface area contributed by atoms with Crippen LogP contribution in [0.3, 0.4) is 0 Å². The van der Waals surface area contributed by atoms with Gasteiger partial charge in [-0.3, -0.25) is 4.99 Å². The van der Waals surface area contributed by atoms with Crippen molar-refractivity contribution in [3.8, 4) is 5.75 Å². The second kappa shape index (κ2) is 5.53. The highest BCUT2D eigenvalue weighted by Gasteiger charge is 2.17. The van der Waals surface area contributed by atoms with Crippen LogP contribution < -0.4 is 4.74 Å². The molecule has 1 aliphatic rings. The van der Waals surface area contributed by atoms with Gasteiger partial charge in [-0.15, -0.1) is 0 Å². The predicted octanol–water partition coefficient (Wildman–Crippen LogP) is 2.93. The molecule has 0 fully saturated rings. The van der Waals surface area contributed by atoms with Gasteiger partial charge in [0.25, 0.3) is 0 Å². The van der Waals surface area contributed by atoms with E-state index in [1.54, 1.807) is 0 Å². The van der Waals surface area contributed by atoms with Crippen molar-refractivity contribution in [2.24, 2.45) is 10.4 Å². The molecule has 3 heteroatoms. The maximum atomic E-state index is 5.86. The Morgan fingerprint density at radius 2 is 2.11 bits per heavy atom. The largest absolute Gasteiger partial charge is 0.490 e. The zero-order chi connectivity index (χ0) is 13.0. The third-order valence-corrected chi connectivity index (χ3v) is 2.64. The van der Waals surface area contributed by atoms with Crippen molar-refractivity contribution in [3.63, 3.8) is 0 Å². The first-order valence-electron chi connectivity index (χ1n) is 6.38. The quantitative estimate of drug-likeness (QED) is 0.804. The molecule has 0 spiro atoms. The normalized spacial score (nSPS) is 19.6.